The Morgan fingerprint density at radius 2 is 1.86 bits per heavy atom. The number of ketones is 1. The smallest absolute Gasteiger partial charge is 0.410 e. The molecular formula is C15H26N2O5. The molecule has 1 aliphatic heterocycles. The van der Waals surface area contributed by atoms with E-state index in [9.17, 15) is 14.4 Å². The highest BCUT2D eigenvalue weighted by Crippen LogP contribution is 2.23. The van der Waals surface area contributed by atoms with Crippen molar-refractivity contribution < 1.29 is 24.2 Å². The Morgan fingerprint density at radius 1 is 1.23 bits per heavy atom. The highest BCUT2D eigenvalue weighted by atomic mass is 16.6. The molecule has 0 aromatic carbocycles. The van der Waals surface area contributed by atoms with Crippen LogP contribution in [0.4, 0.5) is 4.79 Å². The summed E-state index contributed by atoms with van der Waals surface area (Å²) >= 11 is 0. The van der Waals surface area contributed by atoms with Crippen LogP contribution in [0.25, 0.3) is 0 Å². The largest absolute Gasteiger partial charge is 0.480 e. The van der Waals surface area contributed by atoms with Gasteiger partial charge in [-0.3, -0.25) is 19.4 Å². The fourth-order valence-corrected chi connectivity index (χ4v) is 2.39. The first-order valence-electron chi connectivity index (χ1n) is 7.58. The third-order valence-electron chi connectivity index (χ3n) is 3.53. The van der Waals surface area contributed by atoms with Crippen molar-refractivity contribution in [1.29, 1.82) is 0 Å². The molecule has 1 N–H and O–H groups in total. The zero-order valence-corrected chi connectivity index (χ0v) is 13.8. The van der Waals surface area contributed by atoms with Crippen LogP contribution in [-0.2, 0) is 14.3 Å². The molecule has 0 aromatic heterocycles. The minimum absolute atomic E-state index is 0.0870. The van der Waals surface area contributed by atoms with Gasteiger partial charge in [-0.1, -0.05) is 27.7 Å². The number of Topliss-reactive ketones (excluding diaryl/α,β-unsaturated/α-hetero) is 1. The summed E-state index contributed by atoms with van der Waals surface area (Å²) in [5, 5.41) is 8.91. The first kappa shape index (κ1) is 18.4. The monoisotopic (exact) mass is 314 g/mol. The second-order valence-corrected chi connectivity index (χ2v) is 6.57. The van der Waals surface area contributed by atoms with E-state index >= 15 is 0 Å². The molecule has 1 saturated heterocycles. The number of ether oxygens (including phenoxy) is 1. The van der Waals surface area contributed by atoms with Crippen molar-refractivity contribution in [1.82, 2.24) is 9.80 Å². The molecule has 1 heterocycles. The van der Waals surface area contributed by atoms with E-state index in [1.165, 1.54) is 4.90 Å². The third-order valence-corrected chi connectivity index (χ3v) is 3.53. The predicted octanol–water partition coefficient (Wildman–Crippen LogP) is 1.22. The lowest BCUT2D eigenvalue weighted by atomic mass is 9.85. The average Bonchev–Trinajstić information content (AvgIpc) is 2.42. The fraction of sp³-hybridized carbons (Fsp3) is 0.800. The fourth-order valence-electron chi connectivity index (χ4n) is 2.39. The van der Waals surface area contributed by atoms with Gasteiger partial charge < -0.3 is 9.84 Å². The van der Waals surface area contributed by atoms with Gasteiger partial charge in [-0.2, -0.15) is 0 Å². The minimum Gasteiger partial charge on any atom is -0.480 e. The van der Waals surface area contributed by atoms with Crippen molar-refractivity contribution in [3.05, 3.63) is 0 Å². The van der Waals surface area contributed by atoms with Crippen molar-refractivity contribution in [3.63, 3.8) is 0 Å². The predicted molar refractivity (Wildman–Crippen MR) is 80.7 cm³/mol. The van der Waals surface area contributed by atoms with Crippen LogP contribution in [0.3, 0.4) is 0 Å². The highest BCUT2D eigenvalue weighted by Gasteiger charge is 2.40. The summed E-state index contributed by atoms with van der Waals surface area (Å²) in [4.78, 5) is 38.7. The summed E-state index contributed by atoms with van der Waals surface area (Å²) in [5.74, 6) is -1.03. The zero-order chi connectivity index (χ0) is 16.9. The number of carboxylic acid groups (broad SMARTS) is 1. The topological polar surface area (TPSA) is 87.2 Å². The molecular weight excluding hydrogens is 288 g/mol. The lowest BCUT2D eigenvalue weighted by Gasteiger charge is -2.41. The number of hydrogen-bond donors (Lipinski definition) is 1. The van der Waals surface area contributed by atoms with Crippen LogP contribution in [-0.4, -0.2) is 71.6 Å². The highest BCUT2D eigenvalue weighted by molar-refractivity contribution is 5.91. The van der Waals surface area contributed by atoms with Gasteiger partial charge in [0.25, 0.3) is 0 Å². The molecule has 1 aliphatic rings. The Balaban J connectivity index is 2.88. The molecule has 1 atom stereocenters. The van der Waals surface area contributed by atoms with Crippen molar-refractivity contribution in [2.75, 3.05) is 32.8 Å². The Kier molecular flexibility index (Phi) is 6.34. The summed E-state index contributed by atoms with van der Waals surface area (Å²) in [5.41, 5.74) is -0.611. The molecule has 7 nitrogen and oxygen atoms in total. The second-order valence-electron chi connectivity index (χ2n) is 6.57. The number of nitrogens with zero attached hydrogens (tertiary/aromatic N) is 2. The Bertz CT molecular complexity index is 430. The number of amides is 1. The van der Waals surface area contributed by atoms with E-state index < -0.39 is 23.5 Å². The molecule has 0 spiro atoms. The van der Waals surface area contributed by atoms with Gasteiger partial charge in [0.1, 0.15) is 6.04 Å². The van der Waals surface area contributed by atoms with Gasteiger partial charge in [0.05, 0.1) is 13.2 Å². The maximum absolute atomic E-state index is 12.6. The minimum atomic E-state index is -0.941. The van der Waals surface area contributed by atoms with Gasteiger partial charge in [-0.05, 0) is 6.42 Å². The number of carbonyl (C=O) groups is 3. The first-order chi connectivity index (χ1) is 10.2. The van der Waals surface area contributed by atoms with Crippen molar-refractivity contribution in [3.8, 4) is 0 Å². The molecule has 1 amide bonds. The summed E-state index contributed by atoms with van der Waals surface area (Å²) < 4.78 is 5.14. The van der Waals surface area contributed by atoms with Crippen LogP contribution in [0.1, 0.15) is 34.1 Å². The van der Waals surface area contributed by atoms with Gasteiger partial charge in [0.2, 0.25) is 0 Å². The maximum atomic E-state index is 12.6. The van der Waals surface area contributed by atoms with Crippen molar-refractivity contribution in [2.45, 2.75) is 40.2 Å². The first-order valence-corrected chi connectivity index (χ1v) is 7.58. The van der Waals surface area contributed by atoms with Crippen LogP contribution in [0.2, 0.25) is 0 Å². The molecule has 22 heavy (non-hydrogen) atoms. The summed E-state index contributed by atoms with van der Waals surface area (Å²) in [6, 6.07) is -0.669. The van der Waals surface area contributed by atoms with Crippen LogP contribution in [0, 0.1) is 5.41 Å². The van der Waals surface area contributed by atoms with E-state index in [4.69, 9.17) is 9.84 Å². The normalized spacial score (nSPS) is 19.8. The molecule has 1 unspecified atom stereocenters. The van der Waals surface area contributed by atoms with Crippen LogP contribution in [0.15, 0.2) is 0 Å². The standard InChI is InChI=1S/C15H26N2O5/c1-5-8-22-14(21)17-7-6-16(10-12(18)19)9-11(17)13(20)15(2,3)4/h11H,5-10H2,1-4H3,(H,18,19). The van der Waals surface area contributed by atoms with Gasteiger partial charge >= 0.3 is 12.1 Å². The molecule has 0 aliphatic carbocycles. The number of piperazine rings is 1. The van der Waals surface area contributed by atoms with E-state index in [2.05, 4.69) is 0 Å². The Hall–Kier alpha value is -1.63. The lowest BCUT2D eigenvalue weighted by Crippen LogP contribution is -2.60. The van der Waals surface area contributed by atoms with E-state index in [0.717, 1.165) is 0 Å². The molecule has 0 aromatic rings. The Labute approximate surface area is 131 Å². The molecule has 0 radical (unpaired) electrons. The zero-order valence-electron chi connectivity index (χ0n) is 13.8. The number of aliphatic carboxylic acids is 1. The summed E-state index contributed by atoms with van der Waals surface area (Å²) in [7, 11) is 0. The van der Waals surface area contributed by atoms with E-state index in [1.807, 2.05) is 6.92 Å². The van der Waals surface area contributed by atoms with Gasteiger partial charge in [-0.25, -0.2) is 4.79 Å². The van der Waals surface area contributed by atoms with Crippen molar-refractivity contribution in [2.24, 2.45) is 5.41 Å². The van der Waals surface area contributed by atoms with Gasteiger partial charge in [-0.15, -0.1) is 0 Å². The third kappa shape index (κ3) is 4.98. The van der Waals surface area contributed by atoms with E-state index in [0.29, 0.717) is 26.1 Å². The van der Waals surface area contributed by atoms with E-state index in [1.54, 1.807) is 25.7 Å². The summed E-state index contributed by atoms with van der Waals surface area (Å²) in [6.07, 6.45) is 0.210. The number of hydrogen-bond acceptors (Lipinski definition) is 5. The lowest BCUT2D eigenvalue weighted by molar-refractivity contribution is -0.141. The van der Waals surface area contributed by atoms with E-state index in [-0.39, 0.29) is 18.9 Å². The number of rotatable bonds is 5. The molecule has 1 fully saturated rings. The summed E-state index contributed by atoms with van der Waals surface area (Å²) in [6.45, 7) is 8.39. The van der Waals surface area contributed by atoms with Crippen LogP contribution in [0.5, 0.6) is 0 Å². The molecule has 7 heteroatoms. The SMILES string of the molecule is CCCOC(=O)N1CCN(CC(=O)O)CC1C(=O)C(C)(C)C. The number of carbonyl (C=O) groups excluding carboxylic acids is 2. The molecule has 1 rings (SSSR count). The maximum Gasteiger partial charge on any atom is 0.410 e. The number of carboxylic acids is 1. The van der Waals surface area contributed by atoms with Gasteiger partial charge in [0, 0.05) is 25.0 Å². The molecule has 126 valence electrons. The molecule has 0 bridgehead atoms. The Morgan fingerprint density at radius 3 is 2.36 bits per heavy atom. The van der Waals surface area contributed by atoms with Gasteiger partial charge in [0.15, 0.2) is 5.78 Å². The van der Waals surface area contributed by atoms with Crippen molar-refractivity contribution >= 4 is 17.8 Å². The quantitative estimate of drug-likeness (QED) is 0.821. The molecule has 0 saturated carbocycles. The van der Waals surface area contributed by atoms with Crippen LogP contribution >= 0.6 is 0 Å². The van der Waals surface area contributed by atoms with Crippen LogP contribution < -0.4 is 0 Å². The average molecular weight is 314 g/mol. The second kappa shape index (κ2) is 7.58.